The van der Waals surface area contributed by atoms with Crippen molar-refractivity contribution in [2.45, 2.75) is 147 Å². The van der Waals surface area contributed by atoms with Crippen LogP contribution in [-0.2, 0) is 56.1 Å². The fourth-order valence-corrected chi connectivity index (χ4v) is 13.0. The molecule has 3 unspecified atom stereocenters. The SMILES string of the molecule is COc1cc(C(=O)CCC(C)(O)c2cc(C(C)(C)N)cc(-c3ccc(Cl)cc3)n2)ccc1OCCO.COc1cc(C(=O)CCC(C)(O)c2cc(C(C)(C)NC(=O)OCc3ccccc3)cc(-c3ccc(Cl)cc3)n2)ccc1OCCO.COc1cc(C(=O)CCC(O)(c2cc(C(C)(C)NC(=O)OCc3ccccc3)cc(Cl)n2)C(F)(F)F)ccc1OCCO.Cl. The lowest BCUT2D eigenvalue weighted by molar-refractivity contribution is -0.270. The molecule has 10 aromatic rings. The molecular formula is C94H105Cl4F3N6O19. The van der Waals surface area contributed by atoms with E-state index in [9.17, 15) is 52.5 Å². The minimum atomic E-state index is -5.24. The largest absolute Gasteiger partial charge is 0.493 e. The van der Waals surface area contributed by atoms with Crippen LogP contribution in [0.2, 0.25) is 15.2 Å². The van der Waals surface area contributed by atoms with Crippen molar-refractivity contribution in [1.82, 2.24) is 25.6 Å². The number of rotatable bonds is 38. The van der Waals surface area contributed by atoms with Crippen molar-refractivity contribution in [1.29, 1.82) is 0 Å². The summed E-state index contributed by atoms with van der Waals surface area (Å²) in [7, 11) is 4.27. The normalized spacial score (nSPS) is 12.9. The number of pyridine rings is 3. The summed E-state index contributed by atoms with van der Waals surface area (Å²) >= 11 is 18.3. The van der Waals surface area contributed by atoms with Crippen LogP contribution in [0.3, 0.4) is 0 Å². The number of halogens is 7. The second kappa shape index (κ2) is 46.0. The number of amides is 2. The predicted octanol–water partition coefficient (Wildman–Crippen LogP) is 17.8. The number of hydrogen-bond donors (Lipinski definition) is 9. The van der Waals surface area contributed by atoms with Gasteiger partial charge in [-0.05, 0) is 218 Å². The Morgan fingerprint density at radius 2 is 0.746 bits per heavy atom. The van der Waals surface area contributed by atoms with E-state index in [1.807, 2.05) is 94.4 Å². The highest BCUT2D eigenvalue weighted by atomic mass is 35.5. The molecule has 2 amide bonds. The van der Waals surface area contributed by atoms with Gasteiger partial charge in [-0.25, -0.2) is 24.5 Å². The maximum absolute atomic E-state index is 14.4. The van der Waals surface area contributed by atoms with Crippen molar-refractivity contribution in [3.05, 3.63) is 277 Å². The van der Waals surface area contributed by atoms with Crippen molar-refractivity contribution in [2.75, 3.05) is 61.0 Å². The van der Waals surface area contributed by atoms with E-state index < -0.39 is 76.1 Å². The second-order valence-corrected chi connectivity index (χ2v) is 32.4. The minimum absolute atomic E-state index is 0. The summed E-state index contributed by atoms with van der Waals surface area (Å²) in [4.78, 5) is 77.6. The first-order chi connectivity index (χ1) is 59.0. The molecule has 674 valence electrons. The number of methoxy groups -OCH3 is 3. The molecule has 7 aromatic carbocycles. The van der Waals surface area contributed by atoms with Gasteiger partial charge in [-0.15, -0.1) is 12.4 Å². The lowest BCUT2D eigenvalue weighted by Gasteiger charge is -2.32. The van der Waals surface area contributed by atoms with Gasteiger partial charge in [0.15, 0.2) is 51.8 Å². The van der Waals surface area contributed by atoms with Gasteiger partial charge in [-0.3, -0.25) is 14.4 Å². The number of hydrogen-bond acceptors (Lipinski definition) is 23. The molecule has 32 heteroatoms. The third kappa shape index (κ3) is 29.0. The molecule has 0 aliphatic rings. The summed E-state index contributed by atoms with van der Waals surface area (Å²) in [5.74, 6) is 0.920. The molecule has 10 N–H and O–H groups in total. The first-order valence-electron chi connectivity index (χ1n) is 39.7. The fraction of sp³-hybridized carbons (Fsp3) is 0.340. The summed E-state index contributed by atoms with van der Waals surface area (Å²) < 4.78 is 85.8. The van der Waals surface area contributed by atoms with Crippen LogP contribution in [0.4, 0.5) is 22.8 Å². The molecule has 25 nitrogen and oxygen atoms in total. The average molecular weight is 1820 g/mol. The molecule has 0 fully saturated rings. The Labute approximate surface area is 751 Å². The number of aliphatic hydroxyl groups is 6. The van der Waals surface area contributed by atoms with Crippen LogP contribution in [0.5, 0.6) is 34.5 Å². The molecule has 0 bridgehead atoms. The molecule has 0 spiro atoms. The molecule has 0 radical (unpaired) electrons. The summed E-state index contributed by atoms with van der Waals surface area (Å²) in [5, 5.41) is 67.4. The first kappa shape index (κ1) is 102. The number of nitrogens with one attached hydrogen (secondary N) is 2. The van der Waals surface area contributed by atoms with E-state index >= 15 is 0 Å². The van der Waals surface area contributed by atoms with Gasteiger partial charge in [0.2, 0.25) is 5.60 Å². The van der Waals surface area contributed by atoms with Crippen LogP contribution in [0.25, 0.3) is 22.5 Å². The van der Waals surface area contributed by atoms with Crippen molar-refractivity contribution >= 4 is 76.7 Å². The number of ether oxygens (including phenoxy) is 8. The monoisotopic (exact) mass is 1820 g/mol. The molecule has 3 aromatic heterocycles. The zero-order valence-electron chi connectivity index (χ0n) is 71.5. The second-order valence-electron chi connectivity index (χ2n) is 31.2. The number of aliphatic hydroxyl groups excluding tert-OH is 3. The Morgan fingerprint density at radius 1 is 0.413 bits per heavy atom. The summed E-state index contributed by atoms with van der Waals surface area (Å²) in [6.45, 7) is 13.5. The lowest BCUT2D eigenvalue weighted by atomic mass is 9.87. The van der Waals surface area contributed by atoms with E-state index in [-0.39, 0.29) is 130 Å². The highest BCUT2D eigenvalue weighted by molar-refractivity contribution is 6.31. The number of nitrogens with two attached hydrogens (primary N) is 1. The van der Waals surface area contributed by atoms with Crippen LogP contribution in [0, 0.1) is 0 Å². The van der Waals surface area contributed by atoms with Gasteiger partial charge in [0.25, 0.3) is 0 Å². The maximum Gasteiger partial charge on any atom is 0.422 e. The van der Waals surface area contributed by atoms with E-state index in [1.165, 1.54) is 59.4 Å². The molecule has 3 heterocycles. The molecule has 0 saturated carbocycles. The van der Waals surface area contributed by atoms with E-state index in [2.05, 4.69) is 15.6 Å². The molecule has 0 aliphatic heterocycles. The number of carbonyl (C=O) groups is 5. The van der Waals surface area contributed by atoms with Crippen molar-refractivity contribution in [2.24, 2.45) is 5.73 Å². The zero-order valence-corrected chi connectivity index (χ0v) is 74.6. The number of nitrogens with zero attached hydrogens (tertiary/aromatic N) is 3. The Balaban J connectivity index is 0.000000260. The maximum atomic E-state index is 14.4. The predicted molar refractivity (Wildman–Crippen MR) is 475 cm³/mol. The quantitative estimate of drug-likeness (QED) is 0.0128. The van der Waals surface area contributed by atoms with Crippen LogP contribution < -0.4 is 44.8 Å². The summed E-state index contributed by atoms with van der Waals surface area (Å²) in [5.41, 5.74) is 3.86. The van der Waals surface area contributed by atoms with Crippen molar-refractivity contribution in [3.63, 3.8) is 0 Å². The van der Waals surface area contributed by atoms with E-state index in [0.29, 0.717) is 72.5 Å². The molecule has 3 atom stereocenters. The van der Waals surface area contributed by atoms with Gasteiger partial charge in [-0.2, -0.15) is 13.2 Å². The van der Waals surface area contributed by atoms with Gasteiger partial charge in [0.1, 0.15) is 49.4 Å². The zero-order chi connectivity index (χ0) is 91.7. The highest BCUT2D eigenvalue weighted by Crippen LogP contribution is 2.45. The third-order valence-electron chi connectivity index (χ3n) is 20.1. The molecule has 126 heavy (non-hydrogen) atoms. The molecule has 10 rings (SSSR count). The number of carbonyl (C=O) groups excluding carboxylic acids is 5. The van der Waals surface area contributed by atoms with Gasteiger partial charge in [-0.1, -0.05) is 120 Å². The van der Waals surface area contributed by atoms with Crippen molar-refractivity contribution in [3.8, 4) is 57.0 Å². The highest BCUT2D eigenvalue weighted by Gasteiger charge is 2.56. The Bertz CT molecular complexity index is 5300. The number of alkyl halides is 3. The van der Waals surface area contributed by atoms with Crippen LogP contribution >= 0.6 is 47.2 Å². The van der Waals surface area contributed by atoms with Crippen molar-refractivity contribution < 1.29 is 106 Å². The number of aromatic nitrogens is 3. The Morgan fingerprint density at radius 3 is 1.09 bits per heavy atom. The third-order valence-corrected chi connectivity index (χ3v) is 20.8. The number of benzene rings is 7. The molecule has 0 saturated heterocycles. The van der Waals surface area contributed by atoms with E-state index in [1.54, 1.807) is 117 Å². The minimum Gasteiger partial charge on any atom is -0.493 e. The summed E-state index contributed by atoms with van der Waals surface area (Å²) in [6, 6.07) is 55.9. The van der Waals surface area contributed by atoms with Gasteiger partial charge >= 0.3 is 18.4 Å². The standard InChI is InChI=1S/C36H39ClN2O7.C30H32ClF3N2O7.C28H33ClN2O5.ClH/c1-35(2,39-34(42)46-23-24-8-6-5-7-9-24)27-21-29(25-10-13-28(37)14-11-25)38-33(22-27)36(3,43)17-16-30(41)26-12-15-31(45-19-18-40)32(20-26)44-4;1-28(2,36-27(39)43-18-19-7-5-4-6-8-19)21-16-25(35-26(31)17-21)29(40,30(32,33)34)12-11-22(38)20-9-10-23(42-14-13-37)24(15-20)41-3;1-27(2,30)20-16-22(18-5-8-21(29)9-6-18)31-26(17-20)28(3,34)12-11-23(33)19-7-10-24(36-14-13-32)25(15-19)35-4;/h5-15,20-22,40,43H,16-19,23H2,1-4H3,(H,39,42);4-10,15-17,37,40H,11-14,18H2,1-3H3,(H,36,39);5-10,15-17,32,34H,11-14,30H2,1-4H3;1H. The smallest absolute Gasteiger partial charge is 0.422 e. The van der Waals surface area contributed by atoms with E-state index in [0.717, 1.165) is 33.9 Å². The lowest BCUT2D eigenvalue weighted by Crippen LogP contribution is -2.45. The Kier molecular flexibility index (Phi) is 37.2. The van der Waals surface area contributed by atoms with Gasteiger partial charge < -0.3 is 84.9 Å². The average Bonchev–Trinajstić information content (AvgIpc) is 0.766. The Hall–Kier alpha value is -11.0. The molecular weight excluding hydrogens is 1720 g/mol. The van der Waals surface area contributed by atoms with Crippen LogP contribution in [-0.4, -0.2) is 142 Å². The summed E-state index contributed by atoms with van der Waals surface area (Å²) in [6.07, 6.45) is -8.13. The van der Waals surface area contributed by atoms with Crippen LogP contribution in [0.1, 0.15) is 170 Å². The first-order valence-corrected chi connectivity index (χ1v) is 40.8. The fourth-order valence-electron chi connectivity index (χ4n) is 12.6. The van der Waals surface area contributed by atoms with Gasteiger partial charge in [0.05, 0.1) is 80.7 Å². The van der Waals surface area contributed by atoms with E-state index in [4.69, 9.17) is 104 Å². The molecule has 0 aliphatic carbocycles. The number of alkyl carbamates (subject to hydrolysis) is 2. The van der Waals surface area contributed by atoms with Crippen LogP contribution in [0.15, 0.2) is 200 Å². The van der Waals surface area contributed by atoms with Gasteiger partial charge in [0, 0.05) is 62.7 Å². The number of ketones is 3. The topological polar surface area (TPSA) is 369 Å². The number of Topliss-reactive ketones (excluding diaryl/α,β-unsaturated/α-hetero) is 3.